The Morgan fingerprint density at radius 3 is 2.65 bits per heavy atom. The molecule has 0 aliphatic carbocycles. The van der Waals surface area contributed by atoms with Crippen molar-refractivity contribution >= 4 is 17.8 Å². The maximum atomic E-state index is 14.1. The van der Waals surface area contributed by atoms with Crippen LogP contribution in [0.1, 0.15) is 77.6 Å². The number of hydrogen-bond acceptors (Lipinski definition) is 6. The lowest BCUT2D eigenvalue weighted by Crippen LogP contribution is -2.56. The lowest BCUT2D eigenvalue weighted by Gasteiger charge is -2.36. The van der Waals surface area contributed by atoms with Crippen molar-refractivity contribution in [2.75, 3.05) is 32.8 Å². The minimum atomic E-state index is -0.984. The molecule has 1 spiro atoms. The van der Waals surface area contributed by atoms with Gasteiger partial charge in [0.2, 0.25) is 11.8 Å². The minimum Gasteiger partial charge on any atom is -0.465 e. The molecule has 8 heteroatoms. The molecular formula is C29H46N2O6. The Kier molecular flexibility index (Phi) is 11.2. The van der Waals surface area contributed by atoms with Crippen LogP contribution in [0.25, 0.3) is 0 Å². The number of rotatable bonds is 18. The van der Waals surface area contributed by atoms with E-state index >= 15 is 0 Å². The zero-order valence-electron chi connectivity index (χ0n) is 22.6. The number of fused-ring (bicyclic) bond motifs is 1. The van der Waals surface area contributed by atoms with E-state index in [4.69, 9.17) is 14.6 Å². The summed E-state index contributed by atoms with van der Waals surface area (Å²) in [4.78, 5) is 44.7. The van der Waals surface area contributed by atoms with Crippen molar-refractivity contribution in [3.8, 4) is 0 Å². The van der Waals surface area contributed by atoms with Crippen molar-refractivity contribution < 1.29 is 29.0 Å². The molecule has 3 aliphatic rings. The van der Waals surface area contributed by atoms with Crippen LogP contribution in [0.15, 0.2) is 25.3 Å². The monoisotopic (exact) mass is 518 g/mol. The van der Waals surface area contributed by atoms with Gasteiger partial charge in [-0.2, -0.15) is 0 Å². The number of esters is 1. The number of allylic oxidation sites excluding steroid dienone is 1. The van der Waals surface area contributed by atoms with E-state index in [0.29, 0.717) is 39.1 Å². The van der Waals surface area contributed by atoms with E-state index in [0.717, 1.165) is 57.8 Å². The van der Waals surface area contributed by atoms with Crippen molar-refractivity contribution in [2.24, 2.45) is 11.8 Å². The number of aliphatic hydroxyl groups excluding tert-OH is 1. The van der Waals surface area contributed by atoms with Crippen LogP contribution < -0.4 is 0 Å². The predicted octanol–water partition coefficient (Wildman–Crippen LogP) is 3.63. The first-order valence-corrected chi connectivity index (χ1v) is 14.2. The van der Waals surface area contributed by atoms with Gasteiger partial charge in [0.15, 0.2) is 0 Å². The Balaban J connectivity index is 1.83. The number of hydrogen-bond donors (Lipinski definition) is 1. The Morgan fingerprint density at radius 1 is 1.16 bits per heavy atom. The number of likely N-dealkylation sites (tertiary alicyclic amines) is 1. The fourth-order valence-corrected chi connectivity index (χ4v) is 6.32. The topological polar surface area (TPSA) is 96.4 Å². The quantitative estimate of drug-likeness (QED) is 0.169. The Morgan fingerprint density at radius 2 is 1.95 bits per heavy atom. The number of unbranched alkanes of at least 4 members (excludes halogenated alkanes) is 6. The third kappa shape index (κ3) is 6.28. The first-order valence-electron chi connectivity index (χ1n) is 14.2. The summed E-state index contributed by atoms with van der Waals surface area (Å²) in [7, 11) is 0. The molecular weight excluding hydrogens is 472 g/mol. The normalized spacial score (nSPS) is 27.8. The third-order valence-electron chi connectivity index (χ3n) is 8.10. The highest BCUT2D eigenvalue weighted by Gasteiger charge is 2.74. The van der Waals surface area contributed by atoms with Crippen LogP contribution >= 0.6 is 0 Å². The van der Waals surface area contributed by atoms with Crippen LogP contribution in [0.4, 0.5) is 0 Å². The molecule has 2 bridgehead atoms. The standard InChI is InChI=1S/C29H46N2O6/c1-4-7-9-14-21-36-28(35)23-22-15-16-29(37-22)24(23)26(33)31(19-12-10-11-13-20-32)25(29)27(34)30(17-6-3)18-8-5-2/h4,6,22-25,32H,1,3,5,7-21H2,2H3/t22-,23+,24+,25?,29?/m1/s1. The summed E-state index contributed by atoms with van der Waals surface area (Å²) < 4.78 is 12.1. The van der Waals surface area contributed by atoms with Crippen LogP contribution in [0, 0.1) is 11.8 Å². The molecule has 0 aromatic heterocycles. The lowest BCUT2D eigenvalue weighted by molar-refractivity contribution is -0.155. The van der Waals surface area contributed by atoms with Crippen LogP contribution in [-0.4, -0.2) is 83.3 Å². The second-order valence-corrected chi connectivity index (χ2v) is 10.6. The van der Waals surface area contributed by atoms with Gasteiger partial charge in [-0.1, -0.05) is 38.3 Å². The van der Waals surface area contributed by atoms with Gasteiger partial charge in [0.1, 0.15) is 11.6 Å². The maximum absolute atomic E-state index is 14.1. The maximum Gasteiger partial charge on any atom is 0.312 e. The van der Waals surface area contributed by atoms with Gasteiger partial charge < -0.3 is 24.4 Å². The summed E-state index contributed by atoms with van der Waals surface area (Å²) in [5.41, 5.74) is -0.984. The Labute approximate surface area is 222 Å². The number of ether oxygens (including phenoxy) is 2. The molecule has 0 aromatic rings. The van der Waals surface area contributed by atoms with Gasteiger partial charge in [-0.25, -0.2) is 0 Å². The van der Waals surface area contributed by atoms with Gasteiger partial charge >= 0.3 is 5.97 Å². The zero-order valence-corrected chi connectivity index (χ0v) is 22.6. The van der Waals surface area contributed by atoms with Crippen molar-refractivity contribution in [1.29, 1.82) is 0 Å². The highest BCUT2D eigenvalue weighted by Crippen LogP contribution is 2.58. The molecule has 3 rings (SSSR count). The molecule has 0 radical (unpaired) electrons. The van der Waals surface area contributed by atoms with E-state index in [1.54, 1.807) is 15.9 Å². The molecule has 3 fully saturated rings. The fourth-order valence-electron chi connectivity index (χ4n) is 6.32. The molecule has 0 aromatic carbocycles. The summed E-state index contributed by atoms with van der Waals surface area (Å²) in [5.74, 6) is -2.01. The van der Waals surface area contributed by atoms with Crippen LogP contribution in [-0.2, 0) is 23.9 Å². The first kappa shape index (κ1) is 29.4. The van der Waals surface area contributed by atoms with E-state index in [1.165, 1.54) is 0 Å². The lowest BCUT2D eigenvalue weighted by atomic mass is 9.70. The van der Waals surface area contributed by atoms with E-state index in [-0.39, 0.29) is 30.5 Å². The summed E-state index contributed by atoms with van der Waals surface area (Å²) in [6.07, 6.45) is 11.9. The summed E-state index contributed by atoms with van der Waals surface area (Å²) in [6, 6.07) is -0.741. The van der Waals surface area contributed by atoms with Gasteiger partial charge in [-0.05, 0) is 51.4 Å². The van der Waals surface area contributed by atoms with Gasteiger partial charge in [0, 0.05) is 26.2 Å². The molecule has 37 heavy (non-hydrogen) atoms. The second-order valence-electron chi connectivity index (χ2n) is 10.6. The SMILES string of the molecule is C=CCCCCOC(=O)[C@@H]1[C@H]2C(=O)N(CCCCCCO)C(C(=O)N(CC=C)CCCC)C23CC[C@H]1O3. The molecule has 3 aliphatic heterocycles. The number of amides is 2. The second kappa shape index (κ2) is 14.1. The molecule has 0 saturated carbocycles. The van der Waals surface area contributed by atoms with Crippen LogP contribution in [0.3, 0.4) is 0 Å². The van der Waals surface area contributed by atoms with Crippen molar-refractivity contribution in [3.05, 3.63) is 25.3 Å². The molecule has 2 amide bonds. The van der Waals surface area contributed by atoms with Crippen molar-refractivity contribution in [3.63, 3.8) is 0 Å². The average molecular weight is 519 g/mol. The van der Waals surface area contributed by atoms with Crippen molar-refractivity contribution in [2.45, 2.75) is 95.3 Å². The van der Waals surface area contributed by atoms with Gasteiger partial charge in [-0.15, -0.1) is 13.2 Å². The van der Waals surface area contributed by atoms with Crippen LogP contribution in [0.2, 0.25) is 0 Å². The third-order valence-corrected chi connectivity index (χ3v) is 8.10. The molecule has 3 heterocycles. The van der Waals surface area contributed by atoms with Gasteiger partial charge in [-0.3, -0.25) is 14.4 Å². The number of carbonyl (C=O) groups is 3. The van der Waals surface area contributed by atoms with E-state index < -0.39 is 23.5 Å². The highest BCUT2D eigenvalue weighted by atomic mass is 16.6. The van der Waals surface area contributed by atoms with E-state index in [9.17, 15) is 14.4 Å². The molecule has 8 nitrogen and oxygen atoms in total. The van der Waals surface area contributed by atoms with E-state index in [1.807, 2.05) is 6.08 Å². The Hall–Kier alpha value is -2.19. The smallest absolute Gasteiger partial charge is 0.312 e. The largest absolute Gasteiger partial charge is 0.465 e. The number of aliphatic hydroxyl groups is 1. The molecule has 2 unspecified atom stereocenters. The molecule has 1 N–H and O–H groups in total. The summed E-state index contributed by atoms with van der Waals surface area (Å²) in [5, 5.41) is 9.09. The first-order chi connectivity index (χ1) is 18.0. The fraction of sp³-hybridized carbons (Fsp3) is 0.759. The van der Waals surface area contributed by atoms with Gasteiger partial charge in [0.25, 0.3) is 0 Å². The molecule has 5 atom stereocenters. The highest BCUT2D eigenvalue weighted by molar-refractivity contribution is 5.98. The van der Waals surface area contributed by atoms with Crippen LogP contribution in [0.5, 0.6) is 0 Å². The molecule has 208 valence electrons. The minimum absolute atomic E-state index is 0.112. The molecule has 3 saturated heterocycles. The zero-order chi connectivity index (χ0) is 26.8. The predicted molar refractivity (Wildman–Crippen MR) is 142 cm³/mol. The summed E-state index contributed by atoms with van der Waals surface area (Å²) in [6.45, 7) is 11.5. The Bertz CT molecular complexity index is 816. The average Bonchev–Trinajstić information content (AvgIpc) is 3.53. The van der Waals surface area contributed by atoms with Gasteiger partial charge in [0.05, 0.1) is 24.5 Å². The number of carbonyl (C=O) groups excluding carboxylic acids is 3. The number of nitrogens with zero attached hydrogens (tertiary/aromatic N) is 2. The summed E-state index contributed by atoms with van der Waals surface area (Å²) >= 11 is 0. The van der Waals surface area contributed by atoms with E-state index in [2.05, 4.69) is 20.1 Å². The van der Waals surface area contributed by atoms with Crippen molar-refractivity contribution in [1.82, 2.24) is 9.80 Å².